The summed E-state index contributed by atoms with van der Waals surface area (Å²) in [6.45, 7) is 0. The topological polar surface area (TPSA) is 80.0 Å². The summed E-state index contributed by atoms with van der Waals surface area (Å²) < 4.78 is 1.86. The lowest BCUT2D eigenvalue weighted by Crippen LogP contribution is -2.17. The number of para-hydroxylation sites is 1. The number of phenols is 1. The van der Waals surface area contributed by atoms with E-state index >= 15 is 0 Å². The lowest BCUT2D eigenvalue weighted by atomic mass is 9.96. The molecule has 1 heterocycles. The second-order valence-corrected chi connectivity index (χ2v) is 5.69. The number of aromatic hydroxyl groups is 1. The number of hydrogen-bond acceptors (Lipinski definition) is 4. The minimum absolute atomic E-state index is 0.102. The van der Waals surface area contributed by atoms with Crippen LogP contribution in [-0.4, -0.2) is 25.8 Å². The lowest BCUT2D eigenvalue weighted by molar-refractivity contribution is -0.115. The monoisotopic (exact) mass is 300 g/mol. The zero-order valence-electron chi connectivity index (χ0n) is 12.4. The molecule has 1 saturated carbocycles. The van der Waals surface area contributed by atoms with Crippen LogP contribution in [0.25, 0.3) is 0 Å². The summed E-state index contributed by atoms with van der Waals surface area (Å²) in [6.07, 6.45) is 7.76. The SMILES string of the molecule is O=C(Cc1ccccc1O)Nc1ncn(C2CCCCC2)n1. The van der Waals surface area contributed by atoms with E-state index in [1.807, 2.05) is 4.68 Å². The molecule has 1 aromatic carbocycles. The fourth-order valence-electron chi connectivity index (χ4n) is 2.86. The largest absolute Gasteiger partial charge is 0.508 e. The third-order valence-electron chi connectivity index (χ3n) is 4.05. The molecular formula is C16H20N4O2. The first kappa shape index (κ1) is 14.6. The van der Waals surface area contributed by atoms with Crippen LogP contribution in [0.1, 0.15) is 43.7 Å². The number of hydrogen-bond donors (Lipinski definition) is 2. The highest BCUT2D eigenvalue weighted by Gasteiger charge is 2.17. The average molecular weight is 300 g/mol. The van der Waals surface area contributed by atoms with E-state index in [-0.39, 0.29) is 18.1 Å². The van der Waals surface area contributed by atoms with Gasteiger partial charge in [-0.3, -0.25) is 10.1 Å². The van der Waals surface area contributed by atoms with E-state index in [0.717, 1.165) is 12.8 Å². The van der Waals surface area contributed by atoms with Gasteiger partial charge in [-0.05, 0) is 18.9 Å². The van der Waals surface area contributed by atoms with Crippen LogP contribution in [0.2, 0.25) is 0 Å². The molecule has 0 bridgehead atoms. The van der Waals surface area contributed by atoms with Crippen molar-refractivity contribution in [2.75, 3.05) is 5.32 Å². The molecule has 1 aliphatic rings. The molecule has 2 N–H and O–H groups in total. The number of phenolic OH excluding ortho intramolecular Hbond substituents is 1. The number of aromatic nitrogens is 3. The predicted octanol–water partition coefficient (Wildman–Crippen LogP) is 2.67. The first-order valence-electron chi connectivity index (χ1n) is 7.70. The van der Waals surface area contributed by atoms with Gasteiger partial charge in [0.1, 0.15) is 12.1 Å². The van der Waals surface area contributed by atoms with Crippen LogP contribution in [0.3, 0.4) is 0 Å². The van der Waals surface area contributed by atoms with Crippen molar-refractivity contribution in [3.63, 3.8) is 0 Å². The maximum absolute atomic E-state index is 12.0. The number of carbonyl (C=O) groups is 1. The second kappa shape index (κ2) is 6.60. The van der Waals surface area contributed by atoms with Gasteiger partial charge >= 0.3 is 0 Å². The van der Waals surface area contributed by atoms with Crippen molar-refractivity contribution < 1.29 is 9.90 Å². The maximum atomic E-state index is 12.0. The Balaban J connectivity index is 1.60. The molecule has 6 nitrogen and oxygen atoms in total. The van der Waals surface area contributed by atoms with Crippen molar-refractivity contribution in [1.82, 2.24) is 14.8 Å². The molecule has 0 atom stereocenters. The second-order valence-electron chi connectivity index (χ2n) is 5.69. The number of nitrogens with zero attached hydrogens (tertiary/aromatic N) is 3. The van der Waals surface area contributed by atoms with Gasteiger partial charge in [0.15, 0.2) is 0 Å². The fourth-order valence-corrected chi connectivity index (χ4v) is 2.86. The van der Waals surface area contributed by atoms with Gasteiger partial charge in [0.2, 0.25) is 11.9 Å². The summed E-state index contributed by atoms with van der Waals surface area (Å²) in [5.74, 6) is 0.215. The number of carbonyl (C=O) groups excluding carboxylic acids is 1. The highest BCUT2D eigenvalue weighted by molar-refractivity contribution is 5.90. The Hall–Kier alpha value is -2.37. The number of amides is 1. The van der Waals surface area contributed by atoms with Crippen LogP contribution in [0.5, 0.6) is 5.75 Å². The van der Waals surface area contributed by atoms with Gasteiger partial charge in [0.25, 0.3) is 0 Å². The molecule has 0 saturated heterocycles. The molecule has 6 heteroatoms. The van der Waals surface area contributed by atoms with Crippen LogP contribution in [0, 0.1) is 0 Å². The Morgan fingerprint density at radius 1 is 1.27 bits per heavy atom. The molecule has 22 heavy (non-hydrogen) atoms. The van der Waals surface area contributed by atoms with Crippen LogP contribution in [0.15, 0.2) is 30.6 Å². The minimum atomic E-state index is -0.233. The van der Waals surface area contributed by atoms with Gasteiger partial charge in [0, 0.05) is 5.56 Å². The number of anilines is 1. The Bertz CT molecular complexity index is 647. The van der Waals surface area contributed by atoms with Crippen LogP contribution in [-0.2, 0) is 11.2 Å². The third-order valence-corrected chi connectivity index (χ3v) is 4.05. The van der Waals surface area contributed by atoms with E-state index < -0.39 is 0 Å². The first-order valence-corrected chi connectivity index (χ1v) is 7.70. The first-order chi connectivity index (χ1) is 10.7. The van der Waals surface area contributed by atoms with Gasteiger partial charge in [-0.15, -0.1) is 5.10 Å². The van der Waals surface area contributed by atoms with Crippen LogP contribution >= 0.6 is 0 Å². The molecule has 0 spiro atoms. The molecule has 0 radical (unpaired) electrons. The van der Waals surface area contributed by atoms with Crippen molar-refractivity contribution in [2.45, 2.75) is 44.6 Å². The summed E-state index contributed by atoms with van der Waals surface area (Å²) in [5.41, 5.74) is 0.590. The van der Waals surface area contributed by atoms with Gasteiger partial charge in [-0.25, -0.2) is 9.67 Å². The molecule has 0 unspecified atom stereocenters. The van der Waals surface area contributed by atoms with E-state index in [0.29, 0.717) is 17.6 Å². The minimum Gasteiger partial charge on any atom is -0.508 e. The molecule has 3 rings (SSSR count). The molecule has 1 amide bonds. The van der Waals surface area contributed by atoms with E-state index in [2.05, 4.69) is 15.4 Å². The summed E-state index contributed by atoms with van der Waals surface area (Å²) in [7, 11) is 0. The van der Waals surface area contributed by atoms with Crippen molar-refractivity contribution in [1.29, 1.82) is 0 Å². The standard InChI is InChI=1S/C16H20N4O2/c21-14-9-5-4-6-12(14)10-15(22)18-16-17-11-20(19-16)13-7-2-1-3-8-13/h4-6,9,11,13,21H,1-3,7-8,10H2,(H,18,19,22). The van der Waals surface area contributed by atoms with E-state index in [1.54, 1.807) is 30.6 Å². The summed E-state index contributed by atoms with van der Waals surface area (Å²) in [4.78, 5) is 16.2. The Morgan fingerprint density at radius 2 is 2.05 bits per heavy atom. The average Bonchev–Trinajstić information content (AvgIpc) is 2.99. The van der Waals surface area contributed by atoms with E-state index in [9.17, 15) is 9.90 Å². The Labute approximate surface area is 129 Å². The number of nitrogens with one attached hydrogen (secondary N) is 1. The number of benzene rings is 1. The van der Waals surface area contributed by atoms with E-state index in [1.165, 1.54) is 19.3 Å². The van der Waals surface area contributed by atoms with Gasteiger partial charge in [-0.1, -0.05) is 37.5 Å². The van der Waals surface area contributed by atoms with Crippen molar-refractivity contribution in [3.05, 3.63) is 36.2 Å². The van der Waals surface area contributed by atoms with Crippen LogP contribution < -0.4 is 5.32 Å². The zero-order valence-corrected chi connectivity index (χ0v) is 12.4. The highest BCUT2D eigenvalue weighted by atomic mass is 16.3. The smallest absolute Gasteiger partial charge is 0.248 e. The van der Waals surface area contributed by atoms with Crippen molar-refractivity contribution >= 4 is 11.9 Å². The van der Waals surface area contributed by atoms with Gasteiger partial charge in [-0.2, -0.15) is 0 Å². The highest BCUT2D eigenvalue weighted by Crippen LogP contribution is 2.27. The van der Waals surface area contributed by atoms with Crippen molar-refractivity contribution in [2.24, 2.45) is 0 Å². The maximum Gasteiger partial charge on any atom is 0.248 e. The Morgan fingerprint density at radius 3 is 2.82 bits per heavy atom. The molecule has 1 aliphatic carbocycles. The number of rotatable bonds is 4. The zero-order chi connectivity index (χ0) is 15.4. The predicted molar refractivity (Wildman–Crippen MR) is 82.6 cm³/mol. The van der Waals surface area contributed by atoms with Gasteiger partial charge < -0.3 is 5.11 Å². The molecule has 116 valence electrons. The van der Waals surface area contributed by atoms with Gasteiger partial charge in [0.05, 0.1) is 12.5 Å². The summed E-state index contributed by atoms with van der Waals surface area (Å²) in [6, 6.07) is 7.20. The molecule has 1 fully saturated rings. The molecular weight excluding hydrogens is 280 g/mol. The quantitative estimate of drug-likeness (QED) is 0.909. The fraction of sp³-hybridized carbons (Fsp3) is 0.438. The summed E-state index contributed by atoms with van der Waals surface area (Å²) in [5, 5.41) is 16.7. The normalized spacial score (nSPS) is 15.6. The molecule has 0 aliphatic heterocycles. The van der Waals surface area contributed by atoms with Crippen LogP contribution in [0.4, 0.5) is 5.95 Å². The third kappa shape index (κ3) is 3.44. The Kier molecular flexibility index (Phi) is 4.37. The molecule has 1 aromatic heterocycles. The summed E-state index contributed by atoms with van der Waals surface area (Å²) >= 11 is 0. The van der Waals surface area contributed by atoms with Crippen molar-refractivity contribution in [3.8, 4) is 5.75 Å². The van der Waals surface area contributed by atoms with E-state index in [4.69, 9.17) is 0 Å². The molecule has 2 aromatic rings. The lowest BCUT2D eigenvalue weighted by Gasteiger charge is -2.21.